The van der Waals surface area contributed by atoms with Gasteiger partial charge in [0.2, 0.25) is 0 Å². The molecule has 1 heterocycles. The minimum absolute atomic E-state index is 0.0508. The van der Waals surface area contributed by atoms with Gasteiger partial charge in [-0.15, -0.1) is 0 Å². The maximum Gasteiger partial charge on any atom is 0.325 e. The summed E-state index contributed by atoms with van der Waals surface area (Å²) in [5.41, 5.74) is 1.25. The molecule has 0 aromatic heterocycles. The molecule has 1 fully saturated rings. The number of hydrogen-bond acceptors (Lipinski definition) is 3. The first-order valence-electron chi connectivity index (χ1n) is 6.61. The van der Waals surface area contributed by atoms with Crippen LogP contribution in [0.1, 0.15) is 26.3 Å². The minimum Gasteiger partial charge on any atom is -0.465 e. The van der Waals surface area contributed by atoms with Gasteiger partial charge in [-0.3, -0.25) is 9.69 Å². The summed E-state index contributed by atoms with van der Waals surface area (Å²) < 4.78 is 5.13. The van der Waals surface area contributed by atoms with Crippen molar-refractivity contribution in [3.05, 3.63) is 35.9 Å². The van der Waals surface area contributed by atoms with Crippen LogP contribution in [0.2, 0.25) is 0 Å². The summed E-state index contributed by atoms with van der Waals surface area (Å²) in [6, 6.07) is 10.5. The van der Waals surface area contributed by atoms with E-state index in [2.05, 4.69) is 30.9 Å². The summed E-state index contributed by atoms with van der Waals surface area (Å²) in [5.74, 6) is 0.398. The maximum absolute atomic E-state index is 11.9. The van der Waals surface area contributed by atoms with Crippen LogP contribution >= 0.6 is 0 Å². The second-order valence-corrected chi connectivity index (χ2v) is 5.09. The Morgan fingerprint density at radius 2 is 2.00 bits per heavy atom. The fourth-order valence-electron chi connectivity index (χ4n) is 2.54. The molecule has 0 radical (unpaired) electrons. The summed E-state index contributed by atoms with van der Waals surface area (Å²) in [6.07, 6.45) is 0. The number of benzene rings is 1. The van der Waals surface area contributed by atoms with Gasteiger partial charge in [0.05, 0.1) is 6.61 Å². The molecule has 3 atom stereocenters. The summed E-state index contributed by atoms with van der Waals surface area (Å²) in [6.45, 7) is 7.45. The molecule has 1 aliphatic rings. The van der Waals surface area contributed by atoms with E-state index in [0.717, 1.165) is 6.54 Å². The lowest BCUT2D eigenvalue weighted by atomic mass is 10.1. The highest BCUT2D eigenvalue weighted by atomic mass is 16.5. The number of carbonyl (C=O) groups is 1. The number of hydrogen-bond donors (Lipinski definition) is 0. The molecule has 0 saturated carbocycles. The van der Waals surface area contributed by atoms with Crippen LogP contribution in [-0.2, 0) is 16.1 Å². The highest BCUT2D eigenvalue weighted by Crippen LogP contribution is 2.36. The van der Waals surface area contributed by atoms with Gasteiger partial charge < -0.3 is 4.74 Å². The van der Waals surface area contributed by atoms with Gasteiger partial charge in [-0.25, -0.2) is 0 Å². The van der Waals surface area contributed by atoms with E-state index < -0.39 is 0 Å². The van der Waals surface area contributed by atoms with Crippen LogP contribution < -0.4 is 0 Å². The smallest absolute Gasteiger partial charge is 0.325 e. The molecule has 2 rings (SSSR count). The third kappa shape index (κ3) is 2.72. The Kier molecular flexibility index (Phi) is 4.02. The van der Waals surface area contributed by atoms with E-state index in [-0.39, 0.29) is 12.0 Å². The lowest BCUT2D eigenvalue weighted by molar-refractivity contribution is -0.143. The van der Waals surface area contributed by atoms with Crippen molar-refractivity contribution in [1.29, 1.82) is 0 Å². The Morgan fingerprint density at radius 1 is 1.33 bits per heavy atom. The Balaban J connectivity index is 2.01. The molecule has 3 nitrogen and oxygen atoms in total. The van der Waals surface area contributed by atoms with E-state index in [1.165, 1.54) is 5.56 Å². The van der Waals surface area contributed by atoms with Gasteiger partial charge in [0.1, 0.15) is 6.04 Å². The van der Waals surface area contributed by atoms with Crippen molar-refractivity contribution < 1.29 is 9.53 Å². The van der Waals surface area contributed by atoms with Crippen molar-refractivity contribution >= 4 is 5.97 Å². The predicted octanol–water partition coefficient (Wildman–Crippen LogP) is 2.46. The van der Waals surface area contributed by atoms with Gasteiger partial charge in [-0.1, -0.05) is 44.2 Å². The molecule has 18 heavy (non-hydrogen) atoms. The van der Waals surface area contributed by atoms with Gasteiger partial charge in [0.15, 0.2) is 0 Å². The SMILES string of the molecule is CCOC(=O)[C@@H]1[C@H](C(C)C)N1Cc1ccccc1. The molecule has 1 aromatic carbocycles. The van der Waals surface area contributed by atoms with Crippen LogP contribution in [0, 0.1) is 5.92 Å². The predicted molar refractivity (Wildman–Crippen MR) is 71.0 cm³/mol. The van der Waals surface area contributed by atoms with E-state index in [1.54, 1.807) is 0 Å². The van der Waals surface area contributed by atoms with E-state index in [1.807, 2.05) is 25.1 Å². The van der Waals surface area contributed by atoms with Gasteiger partial charge in [0, 0.05) is 12.6 Å². The molecule has 1 aromatic rings. The summed E-state index contributed by atoms with van der Waals surface area (Å²) in [4.78, 5) is 14.1. The van der Waals surface area contributed by atoms with Crippen molar-refractivity contribution in [1.82, 2.24) is 4.90 Å². The maximum atomic E-state index is 11.9. The van der Waals surface area contributed by atoms with Crippen LogP contribution in [0.5, 0.6) is 0 Å². The zero-order valence-corrected chi connectivity index (χ0v) is 11.3. The second kappa shape index (κ2) is 5.53. The molecule has 98 valence electrons. The zero-order chi connectivity index (χ0) is 13.1. The molecular weight excluding hydrogens is 226 g/mol. The molecule has 1 aliphatic heterocycles. The Bertz CT molecular complexity index is 402. The third-order valence-electron chi connectivity index (χ3n) is 3.39. The van der Waals surface area contributed by atoms with Crippen molar-refractivity contribution in [3.8, 4) is 0 Å². The molecule has 0 spiro atoms. The normalized spacial score (nSPS) is 26.1. The number of nitrogens with zero attached hydrogens (tertiary/aromatic N) is 1. The van der Waals surface area contributed by atoms with Crippen LogP contribution in [0.15, 0.2) is 30.3 Å². The largest absolute Gasteiger partial charge is 0.465 e. The van der Waals surface area contributed by atoms with Crippen molar-refractivity contribution in [3.63, 3.8) is 0 Å². The van der Waals surface area contributed by atoms with E-state index in [4.69, 9.17) is 4.74 Å². The average molecular weight is 247 g/mol. The number of rotatable bonds is 5. The first-order valence-corrected chi connectivity index (χ1v) is 6.61. The quantitative estimate of drug-likeness (QED) is 0.591. The molecular formula is C15H21NO2. The minimum atomic E-state index is -0.0767. The molecule has 1 unspecified atom stereocenters. The van der Waals surface area contributed by atoms with Crippen LogP contribution in [0.25, 0.3) is 0 Å². The molecule has 0 N–H and O–H groups in total. The van der Waals surface area contributed by atoms with Gasteiger partial charge in [-0.2, -0.15) is 0 Å². The Labute approximate surface area is 109 Å². The molecule has 3 heteroatoms. The fraction of sp³-hybridized carbons (Fsp3) is 0.533. The van der Waals surface area contributed by atoms with Crippen LogP contribution in [0.4, 0.5) is 0 Å². The Morgan fingerprint density at radius 3 is 2.56 bits per heavy atom. The van der Waals surface area contributed by atoms with E-state index >= 15 is 0 Å². The average Bonchev–Trinajstić information content (AvgIpc) is 3.05. The lowest BCUT2D eigenvalue weighted by Gasteiger charge is -2.05. The first-order chi connectivity index (χ1) is 8.65. The highest BCUT2D eigenvalue weighted by molar-refractivity contribution is 5.80. The fourth-order valence-corrected chi connectivity index (χ4v) is 2.54. The van der Waals surface area contributed by atoms with Gasteiger partial charge in [0.25, 0.3) is 0 Å². The molecule has 0 amide bonds. The van der Waals surface area contributed by atoms with Crippen LogP contribution in [0.3, 0.4) is 0 Å². The molecule has 0 aliphatic carbocycles. The number of esters is 1. The van der Waals surface area contributed by atoms with E-state index in [0.29, 0.717) is 18.6 Å². The van der Waals surface area contributed by atoms with Crippen molar-refractivity contribution in [2.45, 2.75) is 39.4 Å². The number of carbonyl (C=O) groups excluding carboxylic acids is 1. The molecule has 1 saturated heterocycles. The summed E-state index contributed by atoms with van der Waals surface area (Å²) in [5, 5.41) is 0. The molecule has 0 bridgehead atoms. The van der Waals surface area contributed by atoms with Gasteiger partial charge >= 0.3 is 5.97 Å². The standard InChI is InChI=1S/C15H21NO2/c1-4-18-15(17)14-13(11(2)3)16(14)10-12-8-6-5-7-9-12/h5-9,11,13-14H,4,10H2,1-3H3/t13-,14-,16?/m0/s1. The third-order valence-corrected chi connectivity index (χ3v) is 3.39. The first kappa shape index (κ1) is 13.1. The summed E-state index contributed by atoms with van der Waals surface area (Å²) >= 11 is 0. The zero-order valence-electron chi connectivity index (χ0n) is 11.3. The van der Waals surface area contributed by atoms with Gasteiger partial charge in [-0.05, 0) is 18.4 Å². The topological polar surface area (TPSA) is 29.3 Å². The van der Waals surface area contributed by atoms with Crippen molar-refractivity contribution in [2.75, 3.05) is 6.61 Å². The van der Waals surface area contributed by atoms with Crippen molar-refractivity contribution in [2.24, 2.45) is 5.92 Å². The van der Waals surface area contributed by atoms with Crippen LogP contribution in [-0.4, -0.2) is 29.6 Å². The Hall–Kier alpha value is -1.35. The monoisotopic (exact) mass is 247 g/mol. The van der Waals surface area contributed by atoms with E-state index in [9.17, 15) is 4.79 Å². The number of ether oxygens (including phenoxy) is 1. The highest BCUT2D eigenvalue weighted by Gasteiger charge is 2.54. The second-order valence-electron chi connectivity index (χ2n) is 5.09. The lowest BCUT2D eigenvalue weighted by Crippen LogP contribution is -2.17. The summed E-state index contributed by atoms with van der Waals surface area (Å²) in [7, 11) is 0.